The van der Waals surface area contributed by atoms with Gasteiger partial charge < -0.3 is 14.2 Å². The van der Waals surface area contributed by atoms with Gasteiger partial charge in [-0.15, -0.1) is 0 Å². The lowest BCUT2D eigenvalue weighted by Gasteiger charge is -2.24. The third kappa shape index (κ3) is 3.45. The number of benzene rings is 2. The second-order valence-corrected chi connectivity index (χ2v) is 6.62. The Hall–Kier alpha value is -2.73. The zero-order valence-electron chi connectivity index (χ0n) is 14.8. The van der Waals surface area contributed by atoms with Gasteiger partial charge in [-0.1, -0.05) is 29.8 Å². The van der Waals surface area contributed by atoms with Crippen LogP contribution in [0.4, 0.5) is 18.9 Å². The minimum Gasteiger partial charge on any atom is -0.352 e. The molecule has 2 aromatic carbocycles. The van der Waals surface area contributed by atoms with Crippen LogP contribution in [0.15, 0.2) is 67.0 Å². The second-order valence-electron chi connectivity index (χ2n) is 6.62. The van der Waals surface area contributed by atoms with Crippen molar-refractivity contribution >= 4 is 5.69 Å². The summed E-state index contributed by atoms with van der Waals surface area (Å²) >= 11 is 0. The first-order valence-corrected chi connectivity index (χ1v) is 8.73. The van der Waals surface area contributed by atoms with E-state index in [1.165, 1.54) is 22.3 Å². The number of para-hydroxylation sites is 1. The highest BCUT2D eigenvalue weighted by atomic mass is 19.4. The Labute approximate surface area is 155 Å². The third-order valence-electron chi connectivity index (χ3n) is 4.75. The Morgan fingerprint density at radius 1 is 1.00 bits per heavy atom. The van der Waals surface area contributed by atoms with E-state index in [1.54, 1.807) is 18.5 Å². The summed E-state index contributed by atoms with van der Waals surface area (Å²) in [4.78, 5) is 2.12. The molecule has 1 fully saturated rings. The van der Waals surface area contributed by atoms with E-state index in [0.29, 0.717) is 6.61 Å². The molecule has 0 unspecified atom stereocenters. The van der Waals surface area contributed by atoms with Gasteiger partial charge in [0.1, 0.15) is 0 Å². The van der Waals surface area contributed by atoms with Crippen LogP contribution in [0.2, 0.25) is 0 Å². The molecule has 1 aliphatic rings. The van der Waals surface area contributed by atoms with E-state index >= 15 is 0 Å². The number of aromatic nitrogens is 1. The number of nitrogens with zero attached hydrogens (tertiary/aromatic N) is 2. The van der Waals surface area contributed by atoms with Crippen molar-refractivity contribution in [2.24, 2.45) is 0 Å². The average Bonchev–Trinajstić information content (AvgIpc) is 3.31. The highest BCUT2D eigenvalue weighted by Gasteiger charge is 2.34. The Morgan fingerprint density at radius 3 is 2.48 bits per heavy atom. The molecular formula is C21H19F3N2O. The molecule has 3 nitrogen and oxygen atoms in total. The van der Waals surface area contributed by atoms with Crippen LogP contribution in [0, 0.1) is 6.92 Å². The third-order valence-corrected chi connectivity index (χ3v) is 4.75. The molecule has 1 aliphatic heterocycles. The molecule has 3 aromatic rings. The van der Waals surface area contributed by atoms with Crippen molar-refractivity contribution in [3.63, 3.8) is 0 Å². The van der Waals surface area contributed by atoms with Crippen molar-refractivity contribution in [1.29, 1.82) is 0 Å². The fourth-order valence-electron chi connectivity index (χ4n) is 3.39. The molecule has 2 heterocycles. The standard InChI is InChI=1S/C21H19F3N2O/c1-15-6-8-17(9-7-15)26-12-13-27-20(26)16-10-11-25(14-16)19-5-3-2-4-18(19)21(22,23)24/h2-11,14,20H,12-13H2,1H3/t20-/m1/s1. The van der Waals surface area contributed by atoms with Crippen LogP contribution in [0.25, 0.3) is 5.69 Å². The van der Waals surface area contributed by atoms with Crippen LogP contribution in [0.3, 0.4) is 0 Å². The molecular weight excluding hydrogens is 353 g/mol. The molecule has 0 N–H and O–H groups in total. The molecule has 0 spiro atoms. The summed E-state index contributed by atoms with van der Waals surface area (Å²) in [5.74, 6) is 0. The highest BCUT2D eigenvalue weighted by Crippen LogP contribution is 2.36. The van der Waals surface area contributed by atoms with E-state index < -0.39 is 11.7 Å². The van der Waals surface area contributed by atoms with Crippen LogP contribution < -0.4 is 4.90 Å². The first-order chi connectivity index (χ1) is 12.9. The van der Waals surface area contributed by atoms with Crippen molar-refractivity contribution in [2.75, 3.05) is 18.1 Å². The molecule has 6 heteroatoms. The fraction of sp³-hybridized carbons (Fsp3) is 0.238. The first-order valence-electron chi connectivity index (χ1n) is 8.73. The first kappa shape index (κ1) is 17.7. The minimum atomic E-state index is -4.40. The number of hydrogen-bond acceptors (Lipinski definition) is 2. The number of anilines is 1. The Balaban J connectivity index is 1.66. The average molecular weight is 372 g/mol. The monoisotopic (exact) mass is 372 g/mol. The Bertz CT molecular complexity index is 931. The fourth-order valence-corrected chi connectivity index (χ4v) is 3.39. The van der Waals surface area contributed by atoms with Gasteiger partial charge in [-0.3, -0.25) is 0 Å². The molecule has 1 atom stereocenters. The maximum atomic E-state index is 13.3. The van der Waals surface area contributed by atoms with E-state index in [4.69, 9.17) is 4.74 Å². The number of aryl methyl sites for hydroxylation is 1. The van der Waals surface area contributed by atoms with E-state index in [2.05, 4.69) is 4.90 Å². The Kier molecular flexibility index (Phi) is 4.44. The maximum Gasteiger partial charge on any atom is 0.418 e. The number of hydrogen-bond donors (Lipinski definition) is 0. The lowest BCUT2D eigenvalue weighted by molar-refractivity contribution is -0.137. The summed E-state index contributed by atoms with van der Waals surface area (Å²) in [5, 5.41) is 0. The van der Waals surface area contributed by atoms with Crippen molar-refractivity contribution in [2.45, 2.75) is 19.3 Å². The lowest BCUT2D eigenvalue weighted by Crippen LogP contribution is -2.22. The summed E-state index contributed by atoms with van der Waals surface area (Å²) in [6.07, 6.45) is -1.36. The molecule has 27 heavy (non-hydrogen) atoms. The van der Waals surface area contributed by atoms with E-state index in [1.807, 2.05) is 37.3 Å². The summed E-state index contributed by atoms with van der Waals surface area (Å²) < 4.78 is 47.3. The van der Waals surface area contributed by atoms with Crippen LogP contribution >= 0.6 is 0 Å². The van der Waals surface area contributed by atoms with Crippen molar-refractivity contribution in [3.8, 4) is 5.69 Å². The van der Waals surface area contributed by atoms with Gasteiger partial charge in [0.05, 0.1) is 17.9 Å². The normalized spacial score (nSPS) is 17.5. The van der Waals surface area contributed by atoms with Crippen LogP contribution in [-0.2, 0) is 10.9 Å². The summed E-state index contributed by atoms with van der Waals surface area (Å²) in [6, 6.07) is 15.5. The molecule has 4 rings (SSSR count). The van der Waals surface area contributed by atoms with Gasteiger partial charge >= 0.3 is 6.18 Å². The van der Waals surface area contributed by atoms with Crippen LogP contribution in [0.5, 0.6) is 0 Å². The predicted octanol–water partition coefficient (Wildman–Crippen LogP) is 5.34. The number of rotatable bonds is 3. The van der Waals surface area contributed by atoms with E-state index in [0.717, 1.165) is 23.9 Å². The smallest absolute Gasteiger partial charge is 0.352 e. The van der Waals surface area contributed by atoms with E-state index in [9.17, 15) is 13.2 Å². The quantitative estimate of drug-likeness (QED) is 0.617. The van der Waals surface area contributed by atoms with Crippen LogP contribution in [-0.4, -0.2) is 17.7 Å². The lowest BCUT2D eigenvalue weighted by atomic mass is 10.1. The summed E-state index contributed by atoms with van der Waals surface area (Å²) in [5.41, 5.74) is 2.48. The molecule has 0 bridgehead atoms. The molecule has 0 saturated carbocycles. The minimum absolute atomic E-state index is 0.108. The summed E-state index contributed by atoms with van der Waals surface area (Å²) in [6.45, 7) is 3.33. The molecule has 0 amide bonds. The molecule has 1 saturated heterocycles. The number of alkyl halides is 3. The highest BCUT2D eigenvalue weighted by molar-refractivity contribution is 5.51. The van der Waals surface area contributed by atoms with Gasteiger partial charge in [0, 0.05) is 30.2 Å². The Morgan fingerprint density at radius 2 is 1.74 bits per heavy atom. The molecule has 0 aliphatic carbocycles. The topological polar surface area (TPSA) is 17.4 Å². The molecule has 140 valence electrons. The zero-order valence-corrected chi connectivity index (χ0v) is 14.8. The van der Waals surface area contributed by atoms with Crippen molar-refractivity contribution in [1.82, 2.24) is 4.57 Å². The van der Waals surface area contributed by atoms with Gasteiger partial charge in [-0.05, 0) is 37.3 Å². The van der Waals surface area contributed by atoms with Gasteiger partial charge in [-0.2, -0.15) is 13.2 Å². The van der Waals surface area contributed by atoms with Crippen molar-refractivity contribution < 1.29 is 17.9 Å². The van der Waals surface area contributed by atoms with Gasteiger partial charge in [-0.25, -0.2) is 0 Å². The van der Waals surface area contributed by atoms with Gasteiger partial charge in [0.15, 0.2) is 6.23 Å². The predicted molar refractivity (Wildman–Crippen MR) is 98.0 cm³/mol. The molecule has 0 radical (unpaired) electrons. The molecule has 1 aromatic heterocycles. The van der Waals surface area contributed by atoms with Gasteiger partial charge in [0.25, 0.3) is 0 Å². The van der Waals surface area contributed by atoms with Crippen LogP contribution in [0.1, 0.15) is 22.9 Å². The largest absolute Gasteiger partial charge is 0.418 e. The second kappa shape index (κ2) is 6.78. The number of halogens is 3. The maximum absolute atomic E-state index is 13.3. The van der Waals surface area contributed by atoms with E-state index in [-0.39, 0.29) is 11.9 Å². The SMILES string of the molecule is Cc1ccc(N2CCO[C@@H]2c2ccn(-c3ccccc3C(F)(F)F)c2)cc1. The summed E-state index contributed by atoms with van der Waals surface area (Å²) in [7, 11) is 0. The zero-order chi connectivity index (χ0) is 19.0. The number of ether oxygens (including phenoxy) is 1. The van der Waals surface area contributed by atoms with Crippen molar-refractivity contribution in [3.05, 3.63) is 83.7 Å². The van der Waals surface area contributed by atoms with Gasteiger partial charge in [0.2, 0.25) is 0 Å².